The van der Waals surface area contributed by atoms with Crippen LogP contribution in [-0.2, 0) is 13.2 Å². The van der Waals surface area contributed by atoms with Crippen molar-refractivity contribution in [2.45, 2.75) is 19.6 Å². The zero-order valence-corrected chi connectivity index (χ0v) is 16.6. The third-order valence-electron chi connectivity index (χ3n) is 4.90. The number of rotatable bonds is 5. The summed E-state index contributed by atoms with van der Waals surface area (Å²) in [5.74, 6) is -0.812. The number of halogens is 2. The summed E-state index contributed by atoms with van der Waals surface area (Å²) in [5, 5.41) is 9.44. The van der Waals surface area contributed by atoms with E-state index in [0.717, 1.165) is 30.9 Å². The first kappa shape index (κ1) is 20.3. The average molecular weight is 424 g/mol. The molecule has 0 spiro atoms. The highest BCUT2D eigenvalue weighted by atomic mass is 19.2. The Morgan fingerprint density at radius 3 is 2.74 bits per heavy atom. The minimum atomic E-state index is -1.04. The van der Waals surface area contributed by atoms with Crippen LogP contribution in [0.3, 0.4) is 0 Å². The van der Waals surface area contributed by atoms with Gasteiger partial charge in [0.25, 0.3) is 0 Å². The second-order valence-corrected chi connectivity index (χ2v) is 7.07. The van der Waals surface area contributed by atoms with E-state index in [1.165, 1.54) is 6.07 Å². The zero-order chi connectivity index (χ0) is 22.0. The number of aromatic nitrogens is 2. The van der Waals surface area contributed by atoms with E-state index in [1.54, 1.807) is 28.8 Å². The maximum Gasteiger partial charge on any atom is 0.352 e. The maximum atomic E-state index is 13.4. The molecule has 1 aliphatic heterocycles. The quantitative estimate of drug-likeness (QED) is 0.623. The summed E-state index contributed by atoms with van der Waals surface area (Å²) in [6.07, 6.45) is 0.876. The number of fused-ring (bicyclic) bond motifs is 1. The minimum Gasteiger partial charge on any atom is -0.473 e. The molecule has 0 saturated carbocycles. The van der Waals surface area contributed by atoms with Gasteiger partial charge in [0.2, 0.25) is 5.88 Å². The van der Waals surface area contributed by atoms with Crippen molar-refractivity contribution in [3.05, 3.63) is 75.7 Å². The molecule has 0 N–H and O–H groups in total. The van der Waals surface area contributed by atoms with Crippen molar-refractivity contribution in [2.75, 3.05) is 18.5 Å². The highest BCUT2D eigenvalue weighted by Crippen LogP contribution is 2.28. The molecule has 1 aliphatic rings. The van der Waals surface area contributed by atoms with Crippen LogP contribution in [-0.4, -0.2) is 23.1 Å². The fourth-order valence-electron chi connectivity index (χ4n) is 3.32. The Balaban J connectivity index is 1.50. The van der Waals surface area contributed by atoms with Crippen LogP contribution in [0, 0.1) is 23.0 Å². The largest absolute Gasteiger partial charge is 0.473 e. The van der Waals surface area contributed by atoms with Gasteiger partial charge < -0.3 is 14.4 Å². The lowest BCUT2D eigenvalue weighted by Gasteiger charge is -2.28. The van der Waals surface area contributed by atoms with Crippen LogP contribution < -0.4 is 20.1 Å². The van der Waals surface area contributed by atoms with E-state index in [-0.39, 0.29) is 35.2 Å². The van der Waals surface area contributed by atoms with E-state index in [4.69, 9.17) is 9.47 Å². The van der Waals surface area contributed by atoms with E-state index in [2.05, 4.69) is 4.98 Å². The Morgan fingerprint density at radius 1 is 1.13 bits per heavy atom. The molecule has 9 heteroatoms. The molecular formula is C22H18F2N4O3. The fraction of sp³-hybridized carbons (Fsp3) is 0.227. The Kier molecular flexibility index (Phi) is 5.54. The van der Waals surface area contributed by atoms with E-state index < -0.39 is 11.6 Å². The predicted molar refractivity (Wildman–Crippen MR) is 108 cm³/mol. The van der Waals surface area contributed by atoms with Gasteiger partial charge in [-0.25, -0.2) is 13.6 Å². The van der Waals surface area contributed by atoms with Crippen LogP contribution in [0.1, 0.15) is 17.5 Å². The molecule has 0 amide bonds. The van der Waals surface area contributed by atoms with Crippen molar-refractivity contribution in [3.8, 4) is 23.4 Å². The number of benzene rings is 2. The van der Waals surface area contributed by atoms with Crippen LogP contribution in [0.25, 0.3) is 0 Å². The molecule has 0 unspecified atom stereocenters. The van der Waals surface area contributed by atoms with Crippen molar-refractivity contribution in [1.82, 2.24) is 9.55 Å². The van der Waals surface area contributed by atoms with Gasteiger partial charge in [0.15, 0.2) is 11.6 Å². The second-order valence-electron chi connectivity index (χ2n) is 7.07. The van der Waals surface area contributed by atoms with Gasteiger partial charge in [-0.15, -0.1) is 0 Å². The lowest BCUT2D eigenvalue weighted by Crippen LogP contribution is -2.36. The lowest BCUT2D eigenvalue weighted by molar-refractivity contribution is 0.290. The molecule has 0 saturated heterocycles. The summed E-state index contributed by atoms with van der Waals surface area (Å²) in [5.41, 5.74) is 0.484. The van der Waals surface area contributed by atoms with Crippen LogP contribution in [0.5, 0.6) is 17.4 Å². The Hall–Kier alpha value is -3.93. The highest BCUT2D eigenvalue weighted by Gasteiger charge is 2.17. The number of nitriles is 1. The SMILES string of the molecule is CN1CCCn2c1cc(OCc1ccc(Oc3ccc(F)c(F)c3)c(C#N)c1)nc2=O. The Labute approximate surface area is 176 Å². The Morgan fingerprint density at radius 2 is 1.97 bits per heavy atom. The summed E-state index contributed by atoms with van der Waals surface area (Å²) in [6.45, 7) is 1.55. The number of nitrogens with zero attached hydrogens (tertiary/aromatic N) is 4. The third-order valence-corrected chi connectivity index (χ3v) is 4.90. The molecular weight excluding hydrogens is 406 g/mol. The molecule has 0 atom stereocenters. The van der Waals surface area contributed by atoms with E-state index in [0.29, 0.717) is 12.1 Å². The standard InChI is InChI=1S/C22H18F2N4O3/c1-27-7-2-8-28-21(27)11-20(26-22(28)29)30-13-14-3-6-19(15(9-14)12-25)31-16-4-5-17(23)18(24)10-16/h3-6,9-11H,2,7-8,13H2,1H3. The predicted octanol–water partition coefficient (Wildman–Crippen LogP) is 3.60. The summed E-state index contributed by atoms with van der Waals surface area (Å²) < 4.78 is 39.3. The van der Waals surface area contributed by atoms with Gasteiger partial charge in [-0.1, -0.05) is 6.07 Å². The van der Waals surface area contributed by atoms with Crippen molar-refractivity contribution < 1.29 is 18.3 Å². The fourth-order valence-corrected chi connectivity index (χ4v) is 3.32. The van der Waals surface area contributed by atoms with Gasteiger partial charge in [-0.2, -0.15) is 10.2 Å². The van der Waals surface area contributed by atoms with Gasteiger partial charge in [-0.3, -0.25) is 4.57 Å². The molecule has 158 valence electrons. The average Bonchev–Trinajstić information content (AvgIpc) is 2.76. The second kappa shape index (κ2) is 8.44. The molecule has 0 fully saturated rings. The normalized spacial score (nSPS) is 12.8. The number of hydrogen-bond acceptors (Lipinski definition) is 6. The van der Waals surface area contributed by atoms with Crippen LogP contribution in [0.4, 0.5) is 14.6 Å². The highest BCUT2D eigenvalue weighted by molar-refractivity contribution is 5.47. The molecule has 31 heavy (non-hydrogen) atoms. The summed E-state index contributed by atoms with van der Waals surface area (Å²) in [6, 6.07) is 11.6. The van der Waals surface area contributed by atoms with Gasteiger partial charge in [0.05, 0.1) is 5.56 Å². The van der Waals surface area contributed by atoms with Crippen LogP contribution in [0.2, 0.25) is 0 Å². The first-order valence-electron chi connectivity index (χ1n) is 9.56. The van der Waals surface area contributed by atoms with Crippen molar-refractivity contribution >= 4 is 5.82 Å². The molecule has 0 bridgehead atoms. The summed E-state index contributed by atoms with van der Waals surface area (Å²) >= 11 is 0. The first-order chi connectivity index (χ1) is 14.9. The molecule has 2 aromatic carbocycles. The van der Waals surface area contributed by atoms with Gasteiger partial charge in [0, 0.05) is 32.3 Å². The molecule has 0 aliphatic carbocycles. The van der Waals surface area contributed by atoms with Gasteiger partial charge in [-0.05, 0) is 36.2 Å². The summed E-state index contributed by atoms with van der Waals surface area (Å²) in [4.78, 5) is 18.2. The van der Waals surface area contributed by atoms with E-state index >= 15 is 0 Å². The molecule has 1 aromatic heterocycles. The lowest BCUT2D eigenvalue weighted by atomic mass is 10.1. The minimum absolute atomic E-state index is 0.0715. The molecule has 2 heterocycles. The maximum absolute atomic E-state index is 13.4. The molecule has 0 radical (unpaired) electrons. The number of hydrogen-bond donors (Lipinski definition) is 0. The van der Waals surface area contributed by atoms with E-state index in [1.807, 2.05) is 18.0 Å². The molecule has 3 aromatic rings. The van der Waals surface area contributed by atoms with Crippen molar-refractivity contribution in [3.63, 3.8) is 0 Å². The van der Waals surface area contributed by atoms with Gasteiger partial charge in [0.1, 0.15) is 30.0 Å². The topological polar surface area (TPSA) is 80.4 Å². The van der Waals surface area contributed by atoms with E-state index in [9.17, 15) is 18.8 Å². The van der Waals surface area contributed by atoms with Crippen LogP contribution >= 0.6 is 0 Å². The molecule has 7 nitrogen and oxygen atoms in total. The molecule has 4 rings (SSSR count). The summed E-state index contributed by atoms with van der Waals surface area (Å²) in [7, 11) is 1.90. The van der Waals surface area contributed by atoms with Crippen molar-refractivity contribution in [2.24, 2.45) is 0 Å². The zero-order valence-electron chi connectivity index (χ0n) is 16.6. The van der Waals surface area contributed by atoms with Crippen molar-refractivity contribution in [1.29, 1.82) is 5.26 Å². The van der Waals surface area contributed by atoms with Gasteiger partial charge >= 0.3 is 5.69 Å². The Bertz CT molecular complexity index is 1240. The first-order valence-corrected chi connectivity index (χ1v) is 9.56. The van der Waals surface area contributed by atoms with Crippen LogP contribution in [0.15, 0.2) is 47.3 Å². The number of anilines is 1. The third kappa shape index (κ3) is 4.33. The smallest absolute Gasteiger partial charge is 0.352 e. The number of ether oxygens (including phenoxy) is 2. The monoisotopic (exact) mass is 424 g/mol.